The largest absolute Gasteiger partial charge is 0.391 e. The maximum Gasteiger partial charge on any atom is 0.349 e. The van der Waals surface area contributed by atoms with Crippen molar-refractivity contribution in [3.63, 3.8) is 0 Å². The van der Waals surface area contributed by atoms with Crippen LogP contribution in [0.25, 0.3) is 0 Å². The first kappa shape index (κ1) is 50.3. The Hall–Kier alpha value is -4.12. The number of rotatable bonds is 19. The van der Waals surface area contributed by atoms with E-state index in [1.54, 1.807) is 7.11 Å². The van der Waals surface area contributed by atoms with Crippen LogP contribution in [0.5, 0.6) is 0 Å². The third-order valence-corrected chi connectivity index (χ3v) is 18.1. The van der Waals surface area contributed by atoms with Gasteiger partial charge in [0, 0.05) is 17.2 Å². The van der Waals surface area contributed by atoms with Gasteiger partial charge in [0.25, 0.3) is 0 Å². The first-order valence-electron chi connectivity index (χ1n) is 24.0. The van der Waals surface area contributed by atoms with Crippen molar-refractivity contribution >= 4 is 8.56 Å². The van der Waals surface area contributed by atoms with Crippen LogP contribution in [0, 0.1) is 0 Å². The summed E-state index contributed by atoms with van der Waals surface area (Å²) in [5.74, 6) is 0. The van der Waals surface area contributed by atoms with Crippen LogP contribution in [0.1, 0.15) is 69.4 Å². The van der Waals surface area contributed by atoms with Gasteiger partial charge in [-0.25, -0.2) is 0 Å². The predicted molar refractivity (Wildman–Crippen MR) is 261 cm³/mol. The summed E-state index contributed by atoms with van der Waals surface area (Å²) in [6.07, 6.45) is -7.51. The van der Waals surface area contributed by atoms with Crippen molar-refractivity contribution in [3.05, 3.63) is 179 Å². The maximum atomic E-state index is 7.71. The fraction of sp³-hybridized carbons (Fsp3) is 0.464. The molecule has 0 N–H and O–H groups in total. The lowest BCUT2D eigenvalue weighted by Gasteiger charge is -2.52. The van der Waals surface area contributed by atoms with Crippen LogP contribution in [0.2, 0.25) is 10.1 Å². The van der Waals surface area contributed by atoms with E-state index in [0.29, 0.717) is 13.2 Å². The van der Waals surface area contributed by atoms with Gasteiger partial charge in [0.2, 0.25) is 0 Å². The molecule has 0 unspecified atom stereocenters. The fourth-order valence-electron chi connectivity index (χ4n) is 9.79. The van der Waals surface area contributed by atoms with Gasteiger partial charge in [0.15, 0.2) is 12.6 Å². The number of fused-ring (bicyclic) bond motifs is 2. The van der Waals surface area contributed by atoms with Gasteiger partial charge in [-0.1, -0.05) is 193 Å². The van der Waals surface area contributed by atoms with Gasteiger partial charge in [-0.2, -0.15) is 0 Å². The standard InChI is InChI=1S/C56H70O11Si/c1-55(2,3)68(56(4,5)6)63-39-46-47(59-34-41-25-15-9-16-26-41)50(67-68)52(62-37-44-31-21-12-22-32-44)54(65-46)66-48-45(38-58-33-40-23-13-8-14-24-40)64-53(57-7)51(61-36-43-29-19-11-20-30-43)49(48)60-35-42-27-17-10-18-28-42/h8-32,45-54H,33-39H2,1-7H3/t45-,46-,47-,48-,49+,50+,51-,52-,53+,54+/m1/s1. The highest BCUT2D eigenvalue weighted by Crippen LogP contribution is 2.55. The molecule has 0 amide bonds. The molecule has 10 atom stereocenters. The lowest BCUT2D eigenvalue weighted by molar-refractivity contribution is -0.369. The minimum atomic E-state index is -3.20. The minimum Gasteiger partial charge on any atom is -0.391 e. The number of methoxy groups -OCH3 is 1. The van der Waals surface area contributed by atoms with Crippen LogP contribution in [-0.2, 0) is 84.5 Å². The van der Waals surface area contributed by atoms with Gasteiger partial charge in [0.05, 0.1) is 46.2 Å². The highest BCUT2D eigenvalue weighted by Gasteiger charge is 2.65. The molecule has 0 spiro atoms. The normalized spacial score (nSPS) is 27.3. The van der Waals surface area contributed by atoms with Crippen molar-refractivity contribution in [1.29, 1.82) is 0 Å². The Labute approximate surface area is 404 Å². The monoisotopic (exact) mass is 946 g/mol. The fourth-order valence-corrected chi connectivity index (χ4v) is 14.7. The SMILES string of the molecule is CO[C@H]1O[C@H](COCc2ccccc2)[C@@H](O[C@@H]2O[C@@H]3CO[Si](C(C)(C)C)(C(C)(C)C)O[C@H]([C@H]2OCc2ccccc2)[C@@H]3OCc2ccccc2)[C@H](OCc2ccccc2)[C@H]1OCc1ccccc1. The van der Waals surface area contributed by atoms with E-state index in [1.165, 1.54) is 0 Å². The highest BCUT2D eigenvalue weighted by molar-refractivity contribution is 6.73. The molecule has 8 rings (SSSR count). The highest BCUT2D eigenvalue weighted by atomic mass is 28.4. The Balaban J connectivity index is 1.20. The van der Waals surface area contributed by atoms with E-state index >= 15 is 0 Å². The van der Waals surface area contributed by atoms with Gasteiger partial charge >= 0.3 is 8.56 Å². The average molecular weight is 947 g/mol. The molecule has 364 valence electrons. The predicted octanol–water partition coefficient (Wildman–Crippen LogP) is 10.5. The molecule has 0 radical (unpaired) electrons. The van der Waals surface area contributed by atoms with E-state index < -0.39 is 70.0 Å². The van der Waals surface area contributed by atoms with E-state index in [1.807, 2.05) is 140 Å². The molecule has 3 saturated heterocycles. The number of ether oxygens (including phenoxy) is 9. The Morgan fingerprint density at radius 3 is 1.32 bits per heavy atom. The summed E-state index contributed by atoms with van der Waals surface area (Å²) in [7, 11) is -1.58. The van der Waals surface area contributed by atoms with Crippen molar-refractivity contribution in [2.75, 3.05) is 20.3 Å². The summed E-state index contributed by atoms with van der Waals surface area (Å²) >= 11 is 0. The zero-order valence-corrected chi connectivity index (χ0v) is 41.6. The van der Waals surface area contributed by atoms with Crippen molar-refractivity contribution in [2.24, 2.45) is 0 Å². The molecule has 2 bridgehead atoms. The molecular formula is C56H70O11Si. The molecule has 68 heavy (non-hydrogen) atoms. The maximum absolute atomic E-state index is 7.71. The van der Waals surface area contributed by atoms with Crippen LogP contribution in [0.3, 0.4) is 0 Å². The van der Waals surface area contributed by atoms with Crippen LogP contribution in [0.4, 0.5) is 0 Å². The first-order chi connectivity index (χ1) is 32.9. The second-order valence-electron chi connectivity index (χ2n) is 20.0. The van der Waals surface area contributed by atoms with Crippen molar-refractivity contribution < 1.29 is 51.5 Å². The molecule has 5 aromatic carbocycles. The minimum absolute atomic E-state index is 0.150. The topological polar surface area (TPSA) is 102 Å². The Kier molecular flexibility index (Phi) is 17.1. The molecule has 0 aromatic heterocycles. The Bertz CT molecular complexity index is 2210. The molecule has 3 aliphatic rings. The van der Waals surface area contributed by atoms with Gasteiger partial charge < -0.3 is 51.5 Å². The van der Waals surface area contributed by atoms with Crippen LogP contribution in [0.15, 0.2) is 152 Å². The zero-order chi connectivity index (χ0) is 47.6. The molecule has 0 aliphatic carbocycles. The number of benzene rings is 5. The van der Waals surface area contributed by atoms with Crippen molar-refractivity contribution in [2.45, 2.75) is 146 Å². The molecule has 0 saturated carbocycles. The lowest BCUT2D eigenvalue weighted by atomic mass is 9.96. The van der Waals surface area contributed by atoms with E-state index in [9.17, 15) is 0 Å². The molecule has 12 heteroatoms. The first-order valence-corrected chi connectivity index (χ1v) is 25.8. The second-order valence-corrected chi connectivity index (χ2v) is 24.7. The Morgan fingerprint density at radius 2 is 0.882 bits per heavy atom. The zero-order valence-electron chi connectivity index (χ0n) is 40.6. The number of hydrogen-bond acceptors (Lipinski definition) is 11. The summed E-state index contributed by atoms with van der Waals surface area (Å²) in [6.45, 7) is 15.2. The van der Waals surface area contributed by atoms with Gasteiger partial charge in [0.1, 0.15) is 48.8 Å². The third-order valence-electron chi connectivity index (χ3n) is 13.0. The average Bonchev–Trinajstić information content (AvgIpc) is 3.47. The summed E-state index contributed by atoms with van der Waals surface area (Å²) in [6, 6.07) is 50.5. The lowest BCUT2D eigenvalue weighted by Crippen LogP contribution is -2.67. The molecular weight excluding hydrogens is 877 g/mol. The summed E-state index contributed by atoms with van der Waals surface area (Å²) in [4.78, 5) is 0. The molecule has 5 aromatic rings. The van der Waals surface area contributed by atoms with E-state index in [-0.39, 0.29) is 43.1 Å². The molecule has 3 fully saturated rings. The summed E-state index contributed by atoms with van der Waals surface area (Å²) in [5.41, 5.74) is 5.04. The Morgan fingerprint density at radius 1 is 0.471 bits per heavy atom. The smallest absolute Gasteiger partial charge is 0.349 e. The quantitative estimate of drug-likeness (QED) is 0.0740. The van der Waals surface area contributed by atoms with Crippen LogP contribution in [-0.4, -0.2) is 90.3 Å². The van der Waals surface area contributed by atoms with Gasteiger partial charge in [-0.3, -0.25) is 0 Å². The van der Waals surface area contributed by atoms with Crippen LogP contribution >= 0.6 is 0 Å². The second kappa shape index (κ2) is 23.2. The van der Waals surface area contributed by atoms with Crippen LogP contribution < -0.4 is 0 Å². The molecule has 3 aliphatic heterocycles. The number of hydrogen-bond donors (Lipinski definition) is 0. The summed E-state index contributed by atoms with van der Waals surface area (Å²) < 4.78 is 77.0. The van der Waals surface area contributed by atoms with E-state index in [4.69, 9.17) is 51.5 Å². The molecule has 3 heterocycles. The van der Waals surface area contributed by atoms with E-state index in [2.05, 4.69) is 53.7 Å². The van der Waals surface area contributed by atoms with Gasteiger partial charge in [-0.15, -0.1) is 0 Å². The van der Waals surface area contributed by atoms with E-state index in [0.717, 1.165) is 27.8 Å². The molecule has 11 nitrogen and oxygen atoms in total. The van der Waals surface area contributed by atoms with Crippen molar-refractivity contribution in [3.8, 4) is 0 Å². The third kappa shape index (κ3) is 12.2. The van der Waals surface area contributed by atoms with Gasteiger partial charge in [-0.05, 0) is 27.8 Å². The summed E-state index contributed by atoms with van der Waals surface area (Å²) in [5, 5.41) is -0.722. The van der Waals surface area contributed by atoms with Crippen molar-refractivity contribution in [1.82, 2.24) is 0 Å².